The van der Waals surface area contributed by atoms with Crippen molar-refractivity contribution in [2.45, 2.75) is 19.9 Å². The summed E-state index contributed by atoms with van der Waals surface area (Å²) in [5.41, 5.74) is 1.14. The van der Waals surface area contributed by atoms with E-state index in [1.165, 1.54) is 0 Å². The first-order chi connectivity index (χ1) is 7.59. The molecular weight excluding hydrogens is 206 g/mol. The molecule has 0 aliphatic rings. The highest BCUT2D eigenvalue weighted by Crippen LogP contribution is 2.11. The highest BCUT2D eigenvalue weighted by molar-refractivity contribution is 5.72. The van der Waals surface area contributed by atoms with Crippen molar-refractivity contribution in [1.82, 2.24) is 5.32 Å². The molecule has 1 aromatic carbocycles. The van der Waals surface area contributed by atoms with Crippen LogP contribution >= 0.6 is 0 Å². The number of rotatable bonds is 6. The van der Waals surface area contributed by atoms with Gasteiger partial charge in [0, 0.05) is 6.54 Å². The summed E-state index contributed by atoms with van der Waals surface area (Å²) in [6, 6.07) is 7.21. The molecule has 0 unspecified atom stereocenters. The zero-order valence-electron chi connectivity index (χ0n) is 9.56. The summed E-state index contributed by atoms with van der Waals surface area (Å²) in [7, 11) is 0. The third-order valence-electron chi connectivity index (χ3n) is 2.18. The third kappa shape index (κ3) is 4.31. The average molecular weight is 223 g/mol. The van der Waals surface area contributed by atoms with Gasteiger partial charge in [-0.2, -0.15) is 0 Å². The molecule has 0 aliphatic carbocycles. The zero-order valence-corrected chi connectivity index (χ0v) is 9.56. The van der Waals surface area contributed by atoms with Gasteiger partial charge >= 0.3 is 5.97 Å². The molecule has 2 N–H and O–H groups in total. The minimum Gasteiger partial charge on any atom is -0.492 e. The smallest absolute Gasteiger partial charge is 0.320 e. The molecule has 0 radical (unpaired) electrons. The van der Waals surface area contributed by atoms with Crippen LogP contribution in [0.4, 0.5) is 0 Å². The Labute approximate surface area is 95.2 Å². The molecule has 0 aliphatic heterocycles. The second kappa shape index (κ2) is 6.12. The van der Waals surface area contributed by atoms with E-state index in [-0.39, 0.29) is 0 Å². The number of benzene rings is 1. The van der Waals surface area contributed by atoms with Crippen LogP contribution < -0.4 is 10.1 Å². The van der Waals surface area contributed by atoms with Gasteiger partial charge in [0.15, 0.2) is 0 Å². The maximum Gasteiger partial charge on any atom is 0.320 e. The van der Waals surface area contributed by atoms with Crippen molar-refractivity contribution in [3.63, 3.8) is 0 Å². The summed E-state index contributed by atoms with van der Waals surface area (Å²) in [6.45, 7) is 4.58. The van der Waals surface area contributed by atoms with Crippen LogP contribution in [-0.4, -0.2) is 30.3 Å². The molecule has 4 nitrogen and oxygen atoms in total. The lowest BCUT2D eigenvalue weighted by Gasteiger charge is -2.10. The maximum atomic E-state index is 10.5. The van der Waals surface area contributed by atoms with E-state index in [0.717, 1.165) is 11.3 Å². The molecule has 0 amide bonds. The first kappa shape index (κ1) is 12.5. The lowest BCUT2D eigenvalue weighted by Crippen LogP contribution is -2.36. The maximum absolute atomic E-state index is 10.5. The fourth-order valence-electron chi connectivity index (χ4n) is 1.24. The van der Waals surface area contributed by atoms with Crippen molar-refractivity contribution in [2.75, 3.05) is 13.2 Å². The van der Waals surface area contributed by atoms with Gasteiger partial charge in [0.2, 0.25) is 0 Å². The van der Waals surface area contributed by atoms with Crippen LogP contribution in [0.25, 0.3) is 0 Å². The fourth-order valence-corrected chi connectivity index (χ4v) is 1.24. The quantitative estimate of drug-likeness (QED) is 0.716. The van der Waals surface area contributed by atoms with E-state index in [1.54, 1.807) is 6.92 Å². The summed E-state index contributed by atoms with van der Waals surface area (Å²) in [6.07, 6.45) is 0. The monoisotopic (exact) mass is 223 g/mol. The molecule has 0 spiro atoms. The van der Waals surface area contributed by atoms with Crippen LogP contribution in [0.2, 0.25) is 0 Å². The number of ether oxygens (including phenoxy) is 1. The summed E-state index contributed by atoms with van der Waals surface area (Å²) in [5.74, 6) is -0.0414. The molecule has 16 heavy (non-hydrogen) atoms. The van der Waals surface area contributed by atoms with E-state index >= 15 is 0 Å². The van der Waals surface area contributed by atoms with Crippen molar-refractivity contribution in [2.24, 2.45) is 0 Å². The van der Waals surface area contributed by atoms with Gasteiger partial charge in [-0.25, -0.2) is 0 Å². The van der Waals surface area contributed by atoms with Crippen molar-refractivity contribution in [1.29, 1.82) is 0 Å². The number of carboxylic acid groups (broad SMARTS) is 1. The standard InChI is InChI=1S/C12H17NO3/c1-9-4-3-5-11(8-9)16-7-6-13-10(2)12(14)15/h3-5,8,10,13H,6-7H2,1-2H3,(H,14,15)/t10-/m0/s1. The summed E-state index contributed by atoms with van der Waals surface area (Å²) < 4.78 is 5.46. The SMILES string of the molecule is Cc1cccc(OCCN[C@@H](C)C(=O)O)c1. The second-order valence-electron chi connectivity index (χ2n) is 3.68. The molecule has 0 heterocycles. The van der Waals surface area contributed by atoms with E-state index in [1.807, 2.05) is 31.2 Å². The van der Waals surface area contributed by atoms with Crippen LogP contribution in [0, 0.1) is 6.92 Å². The number of carbonyl (C=O) groups is 1. The van der Waals surface area contributed by atoms with E-state index in [2.05, 4.69) is 5.32 Å². The third-order valence-corrected chi connectivity index (χ3v) is 2.18. The van der Waals surface area contributed by atoms with Crippen molar-refractivity contribution < 1.29 is 14.6 Å². The number of hydrogen-bond donors (Lipinski definition) is 2. The number of nitrogens with one attached hydrogen (secondary N) is 1. The van der Waals surface area contributed by atoms with Crippen LogP contribution in [-0.2, 0) is 4.79 Å². The molecule has 1 atom stereocenters. The molecule has 0 aromatic heterocycles. The van der Waals surface area contributed by atoms with Gasteiger partial charge in [-0.15, -0.1) is 0 Å². The summed E-state index contributed by atoms with van der Waals surface area (Å²) in [4.78, 5) is 10.5. The first-order valence-corrected chi connectivity index (χ1v) is 5.25. The minimum absolute atomic E-state index is 0.459. The Balaban J connectivity index is 2.23. The number of aliphatic carboxylic acids is 1. The van der Waals surface area contributed by atoms with E-state index < -0.39 is 12.0 Å². The molecule has 0 saturated carbocycles. The Morgan fingerprint density at radius 3 is 2.94 bits per heavy atom. The zero-order chi connectivity index (χ0) is 12.0. The molecule has 0 fully saturated rings. The number of aryl methyl sites for hydroxylation is 1. The predicted molar refractivity (Wildman–Crippen MR) is 61.8 cm³/mol. The van der Waals surface area contributed by atoms with Crippen LogP contribution in [0.3, 0.4) is 0 Å². The van der Waals surface area contributed by atoms with Crippen molar-refractivity contribution in [3.05, 3.63) is 29.8 Å². The van der Waals surface area contributed by atoms with E-state index in [9.17, 15) is 4.79 Å². The Hall–Kier alpha value is -1.55. The van der Waals surface area contributed by atoms with E-state index in [0.29, 0.717) is 13.2 Å². The number of carboxylic acids is 1. The van der Waals surface area contributed by atoms with Gasteiger partial charge in [0.05, 0.1) is 0 Å². The van der Waals surface area contributed by atoms with Crippen LogP contribution in [0.15, 0.2) is 24.3 Å². The average Bonchev–Trinajstić information content (AvgIpc) is 2.24. The van der Waals surface area contributed by atoms with Gasteiger partial charge in [-0.05, 0) is 31.5 Å². The molecule has 1 aromatic rings. The topological polar surface area (TPSA) is 58.6 Å². The highest BCUT2D eigenvalue weighted by Gasteiger charge is 2.08. The van der Waals surface area contributed by atoms with Gasteiger partial charge in [-0.3, -0.25) is 4.79 Å². The molecule has 88 valence electrons. The first-order valence-electron chi connectivity index (χ1n) is 5.25. The molecule has 0 saturated heterocycles. The fraction of sp³-hybridized carbons (Fsp3) is 0.417. The van der Waals surface area contributed by atoms with Crippen molar-refractivity contribution >= 4 is 5.97 Å². The Morgan fingerprint density at radius 2 is 2.31 bits per heavy atom. The minimum atomic E-state index is -0.851. The largest absolute Gasteiger partial charge is 0.492 e. The predicted octanol–water partition coefficient (Wildman–Crippen LogP) is 1.44. The van der Waals surface area contributed by atoms with Gasteiger partial charge in [-0.1, -0.05) is 12.1 Å². The number of hydrogen-bond acceptors (Lipinski definition) is 3. The van der Waals surface area contributed by atoms with Crippen LogP contribution in [0.5, 0.6) is 5.75 Å². The van der Waals surface area contributed by atoms with Crippen LogP contribution in [0.1, 0.15) is 12.5 Å². The molecular formula is C12H17NO3. The lowest BCUT2D eigenvalue weighted by molar-refractivity contribution is -0.139. The van der Waals surface area contributed by atoms with Gasteiger partial charge < -0.3 is 15.2 Å². The summed E-state index contributed by atoms with van der Waals surface area (Å²) in [5, 5.41) is 11.5. The molecule has 4 heteroatoms. The van der Waals surface area contributed by atoms with Gasteiger partial charge in [0.1, 0.15) is 18.4 Å². The Kier molecular flexibility index (Phi) is 4.79. The van der Waals surface area contributed by atoms with E-state index in [4.69, 9.17) is 9.84 Å². The summed E-state index contributed by atoms with van der Waals surface area (Å²) >= 11 is 0. The van der Waals surface area contributed by atoms with Gasteiger partial charge in [0.25, 0.3) is 0 Å². The highest BCUT2D eigenvalue weighted by atomic mass is 16.5. The Bertz CT molecular complexity index is 352. The second-order valence-corrected chi connectivity index (χ2v) is 3.68. The van der Waals surface area contributed by atoms with Crippen molar-refractivity contribution in [3.8, 4) is 5.75 Å². The lowest BCUT2D eigenvalue weighted by atomic mass is 10.2. The Morgan fingerprint density at radius 1 is 1.56 bits per heavy atom. The normalized spacial score (nSPS) is 12.1. The molecule has 0 bridgehead atoms. The molecule has 1 rings (SSSR count).